The maximum atomic E-state index is 14.0. The van der Waals surface area contributed by atoms with Crippen molar-refractivity contribution in [2.75, 3.05) is 24.5 Å². The second-order valence-corrected chi connectivity index (χ2v) is 13.8. The summed E-state index contributed by atoms with van der Waals surface area (Å²) in [6.45, 7) is 7.28. The first-order valence-corrected chi connectivity index (χ1v) is 16.2. The van der Waals surface area contributed by atoms with Gasteiger partial charge in [-0.2, -0.15) is 0 Å². The molecule has 0 aliphatic heterocycles. The molecule has 2 amide bonds. The lowest BCUT2D eigenvalue weighted by Gasteiger charge is -2.32. The highest BCUT2D eigenvalue weighted by molar-refractivity contribution is 9.10. The number of ether oxygens (including phenoxy) is 1. The largest absolute Gasteiger partial charge is 0.496 e. The molecule has 0 aliphatic rings. The minimum Gasteiger partial charge on any atom is -0.496 e. The number of sulfonamides is 1. The van der Waals surface area contributed by atoms with Crippen LogP contribution in [0.25, 0.3) is 0 Å². The molecule has 0 aliphatic carbocycles. The zero-order valence-electron chi connectivity index (χ0n) is 24.0. The van der Waals surface area contributed by atoms with Crippen molar-refractivity contribution in [3.05, 3.63) is 86.3 Å². The van der Waals surface area contributed by atoms with Crippen molar-refractivity contribution in [2.45, 2.75) is 45.2 Å². The number of nitrogens with one attached hydrogen (secondary N) is 1. The summed E-state index contributed by atoms with van der Waals surface area (Å²) in [6, 6.07) is 15.2. The van der Waals surface area contributed by atoms with E-state index in [1.54, 1.807) is 49.4 Å². The number of rotatable bonds is 12. The summed E-state index contributed by atoms with van der Waals surface area (Å²) in [6.07, 6.45) is 0. The van der Waals surface area contributed by atoms with Crippen molar-refractivity contribution in [1.29, 1.82) is 0 Å². The molecule has 1 N–H and O–H groups in total. The number of carbonyl (C=O) groups is 2. The lowest BCUT2D eigenvalue weighted by Crippen LogP contribution is -2.51. The third-order valence-electron chi connectivity index (χ3n) is 6.50. The Balaban J connectivity index is 2.05. The number of halogens is 3. The molecule has 1 unspecified atom stereocenters. The van der Waals surface area contributed by atoms with Crippen LogP contribution in [-0.2, 0) is 26.2 Å². The van der Waals surface area contributed by atoms with Gasteiger partial charge in [-0.15, -0.1) is 0 Å². The van der Waals surface area contributed by atoms with Crippen LogP contribution < -0.4 is 14.4 Å². The second kappa shape index (κ2) is 14.6. The van der Waals surface area contributed by atoms with E-state index in [1.807, 2.05) is 20.8 Å². The Morgan fingerprint density at radius 2 is 1.64 bits per heavy atom. The van der Waals surface area contributed by atoms with Crippen LogP contribution in [0.15, 0.2) is 70.0 Å². The van der Waals surface area contributed by atoms with Gasteiger partial charge in [0.15, 0.2) is 0 Å². The molecule has 0 fully saturated rings. The number of methoxy groups -OCH3 is 1. The van der Waals surface area contributed by atoms with Gasteiger partial charge < -0.3 is 15.0 Å². The van der Waals surface area contributed by atoms with E-state index in [-0.39, 0.29) is 23.3 Å². The number of amides is 2. The summed E-state index contributed by atoms with van der Waals surface area (Å²) >= 11 is 15.7. The SMILES string of the molecule is COc1ccc(S(=O)(=O)N(CC(=O)N(Cc2ccc(Cl)c(Cl)c2)C(C)C(=O)NCC(C)C)c2ccc(C)cc2)cc1Br. The van der Waals surface area contributed by atoms with Gasteiger partial charge in [-0.25, -0.2) is 8.42 Å². The van der Waals surface area contributed by atoms with Crippen molar-refractivity contribution in [3.63, 3.8) is 0 Å². The zero-order valence-corrected chi connectivity index (χ0v) is 27.9. The molecule has 0 spiro atoms. The van der Waals surface area contributed by atoms with Crippen molar-refractivity contribution in [3.8, 4) is 5.75 Å². The van der Waals surface area contributed by atoms with Gasteiger partial charge in [0.05, 0.1) is 32.2 Å². The average molecular weight is 699 g/mol. The van der Waals surface area contributed by atoms with Gasteiger partial charge in [-0.1, -0.05) is 60.8 Å². The Labute approximate surface area is 266 Å². The van der Waals surface area contributed by atoms with E-state index in [1.165, 1.54) is 30.2 Å². The maximum Gasteiger partial charge on any atom is 0.264 e. The second-order valence-electron chi connectivity index (χ2n) is 10.2. The van der Waals surface area contributed by atoms with Gasteiger partial charge in [-0.05, 0) is 83.7 Å². The zero-order chi connectivity index (χ0) is 31.2. The highest BCUT2D eigenvalue weighted by Crippen LogP contribution is 2.31. The Bertz CT molecular complexity index is 1530. The number of nitrogens with zero attached hydrogens (tertiary/aromatic N) is 2. The molecule has 0 radical (unpaired) electrons. The topological polar surface area (TPSA) is 96.0 Å². The summed E-state index contributed by atoms with van der Waals surface area (Å²) in [5, 5.41) is 3.51. The van der Waals surface area contributed by atoms with E-state index in [4.69, 9.17) is 27.9 Å². The third kappa shape index (κ3) is 8.40. The van der Waals surface area contributed by atoms with Crippen LogP contribution >= 0.6 is 39.1 Å². The van der Waals surface area contributed by atoms with E-state index in [0.717, 1.165) is 9.87 Å². The quantitative estimate of drug-likeness (QED) is 0.234. The molecule has 0 heterocycles. The molecule has 1 atom stereocenters. The van der Waals surface area contributed by atoms with E-state index < -0.39 is 28.5 Å². The number of anilines is 1. The van der Waals surface area contributed by atoms with Crippen molar-refractivity contribution < 1.29 is 22.7 Å². The normalized spacial score (nSPS) is 12.1. The molecule has 8 nitrogen and oxygen atoms in total. The molecule has 42 heavy (non-hydrogen) atoms. The molecule has 3 aromatic carbocycles. The predicted octanol–water partition coefficient (Wildman–Crippen LogP) is 6.46. The summed E-state index contributed by atoms with van der Waals surface area (Å²) in [5.74, 6) is -0.279. The van der Waals surface area contributed by atoms with Crippen LogP contribution in [0.2, 0.25) is 10.0 Å². The Hall–Kier alpha value is -2.79. The van der Waals surface area contributed by atoms with Crippen LogP contribution in [-0.4, -0.2) is 51.4 Å². The van der Waals surface area contributed by atoms with Gasteiger partial charge in [0.2, 0.25) is 11.8 Å². The molecule has 0 bridgehead atoms. The first-order chi connectivity index (χ1) is 19.7. The first kappa shape index (κ1) is 33.7. The highest BCUT2D eigenvalue weighted by Gasteiger charge is 2.33. The fourth-order valence-electron chi connectivity index (χ4n) is 4.04. The Kier molecular flexibility index (Phi) is 11.7. The van der Waals surface area contributed by atoms with Gasteiger partial charge in [0, 0.05) is 13.1 Å². The van der Waals surface area contributed by atoms with Crippen LogP contribution in [0.1, 0.15) is 31.9 Å². The lowest BCUT2D eigenvalue weighted by atomic mass is 10.1. The van der Waals surface area contributed by atoms with E-state index in [0.29, 0.717) is 38.1 Å². The van der Waals surface area contributed by atoms with E-state index >= 15 is 0 Å². The number of benzene rings is 3. The van der Waals surface area contributed by atoms with Crippen LogP contribution in [0, 0.1) is 12.8 Å². The van der Waals surface area contributed by atoms with Crippen LogP contribution in [0.5, 0.6) is 5.75 Å². The summed E-state index contributed by atoms with van der Waals surface area (Å²) in [4.78, 5) is 28.4. The van der Waals surface area contributed by atoms with Crippen molar-refractivity contribution in [2.24, 2.45) is 5.92 Å². The monoisotopic (exact) mass is 697 g/mol. The highest BCUT2D eigenvalue weighted by atomic mass is 79.9. The van der Waals surface area contributed by atoms with Gasteiger partial charge in [0.1, 0.15) is 18.3 Å². The Morgan fingerprint density at radius 1 is 0.976 bits per heavy atom. The minimum absolute atomic E-state index is 0.00184. The summed E-state index contributed by atoms with van der Waals surface area (Å²) in [5.41, 5.74) is 1.85. The third-order valence-corrected chi connectivity index (χ3v) is 9.63. The molecular weight excluding hydrogens is 665 g/mol. The smallest absolute Gasteiger partial charge is 0.264 e. The van der Waals surface area contributed by atoms with Crippen molar-refractivity contribution >= 4 is 66.7 Å². The standard InChI is InChI=1S/C30H34BrCl2N3O5S/c1-19(2)16-34-30(38)21(4)35(17-22-8-12-26(32)27(33)14-22)29(37)18-36(23-9-6-20(3)7-10-23)42(39,40)24-11-13-28(41-5)25(31)15-24/h6-15,19,21H,16-18H2,1-5H3,(H,34,38). The maximum absolute atomic E-state index is 14.0. The summed E-state index contributed by atoms with van der Waals surface area (Å²) < 4.78 is 34.8. The molecule has 0 saturated heterocycles. The average Bonchev–Trinajstić information content (AvgIpc) is 2.95. The predicted molar refractivity (Wildman–Crippen MR) is 171 cm³/mol. The lowest BCUT2D eigenvalue weighted by molar-refractivity contribution is -0.139. The van der Waals surface area contributed by atoms with E-state index in [9.17, 15) is 18.0 Å². The van der Waals surface area contributed by atoms with Crippen LogP contribution in [0.4, 0.5) is 5.69 Å². The summed E-state index contributed by atoms with van der Waals surface area (Å²) in [7, 11) is -2.76. The molecule has 226 valence electrons. The molecule has 3 rings (SSSR count). The number of hydrogen-bond acceptors (Lipinski definition) is 5. The molecule has 3 aromatic rings. The first-order valence-electron chi connectivity index (χ1n) is 13.2. The molecular formula is C30H34BrCl2N3O5S. The van der Waals surface area contributed by atoms with E-state index in [2.05, 4.69) is 21.2 Å². The van der Waals surface area contributed by atoms with Crippen molar-refractivity contribution in [1.82, 2.24) is 10.2 Å². The molecule has 12 heteroatoms. The number of hydrogen-bond donors (Lipinski definition) is 1. The number of aryl methyl sites for hydroxylation is 1. The fraction of sp³-hybridized carbons (Fsp3) is 0.333. The minimum atomic E-state index is -4.23. The molecule has 0 aromatic heterocycles. The fourth-order valence-corrected chi connectivity index (χ4v) is 6.50. The molecule has 0 saturated carbocycles. The van der Waals surface area contributed by atoms with Gasteiger partial charge in [-0.3, -0.25) is 13.9 Å². The van der Waals surface area contributed by atoms with Crippen LogP contribution in [0.3, 0.4) is 0 Å². The Morgan fingerprint density at radius 3 is 2.21 bits per heavy atom. The van der Waals surface area contributed by atoms with Gasteiger partial charge in [0.25, 0.3) is 10.0 Å². The number of carbonyl (C=O) groups excluding carboxylic acids is 2. The van der Waals surface area contributed by atoms with Gasteiger partial charge >= 0.3 is 0 Å².